The van der Waals surface area contributed by atoms with Gasteiger partial charge in [-0.15, -0.1) is 0 Å². The van der Waals surface area contributed by atoms with E-state index in [0.29, 0.717) is 22.4 Å². The first kappa shape index (κ1) is 21.0. The highest BCUT2D eigenvalue weighted by atomic mass is 127. The minimum Gasteiger partial charge on any atom is -0.494 e. The van der Waals surface area contributed by atoms with Gasteiger partial charge >= 0.3 is 0 Å². The zero-order valence-corrected chi connectivity index (χ0v) is 18.9. The smallest absolute Gasteiger partial charge is 0.258 e. The summed E-state index contributed by atoms with van der Waals surface area (Å²) in [6.07, 6.45) is 4.15. The lowest BCUT2D eigenvalue weighted by molar-refractivity contribution is 0.0389. The topological polar surface area (TPSA) is 77.9 Å². The zero-order chi connectivity index (χ0) is 21.1. The summed E-state index contributed by atoms with van der Waals surface area (Å²) in [4.78, 5) is 21.6. The van der Waals surface area contributed by atoms with Crippen molar-refractivity contribution in [1.82, 2.24) is 9.88 Å². The van der Waals surface area contributed by atoms with Gasteiger partial charge in [0.1, 0.15) is 0 Å². The molecule has 2 N–H and O–H groups in total. The number of ether oxygens (including phenoxy) is 1. The van der Waals surface area contributed by atoms with Gasteiger partial charge in [0.25, 0.3) is 5.56 Å². The Morgan fingerprint density at radius 2 is 1.93 bits per heavy atom. The quantitative estimate of drug-likeness (QED) is 0.393. The first-order valence-corrected chi connectivity index (χ1v) is 11.0. The lowest BCUT2D eigenvalue weighted by Gasteiger charge is -2.31. The van der Waals surface area contributed by atoms with Crippen LogP contribution in [0.4, 0.5) is 5.69 Å². The maximum Gasteiger partial charge on any atom is 0.258 e. The molecule has 2 aromatic carbocycles. The number of pyridine rings is 1. The van der Waals surface area contributed by atoms with Crippen LogP contribution in [0.1, 0.15) is 24.0 Å². The largest absolute Gasteiger partial charge is 0.494 e. The van der Waals surface area contributed by atoms with Crippen LogP contribution in [-0.4, -0.2) is 47.5 Å². The van der Waals surface area contributed by atoms with E-state index < -0.39 is 0 Å². The van der Waals surface area contributed by atoms with Crippen LogP contribution in [0.5, 0.6) is 5.88 Å². The summed E-state index contributed by atoms with van der Waals surface area (Å²) in [7, 11) is 1.79. The van der Waals surface area contributed by atoms with Crippen LogP contribution in [0, 0.1) is 3.57 Å². The lowest BCUT2D eigenvalue weighted by atomic mass is 10.1. The molecule has 0 aliphatic carbocycles. The fourth-order valence-electron chi connectivity index (χ4n) is 3.83. The zero-order valence-electron chi connectivity index (χ0n) is 16.8. The highest BCUT2D eigenvalue weighted by Crippen LogP contribution is 2.24. The normalized spacial score (nSPS) is 15.9. The predicted octanol–water partition coefficient (Wildman–Crippen LogP) is 4.20. The van der Waals surface area contributed by atoms with E-state index in [4.69, 9.17) is 4.74 Å². The second kappa shape index (κ2) is 9.28. The van der Waals surface area contributed by atoms with Gasteiger partial charge in [-0.25, -0.2) is 0 Å². The minimum atomic E-state index is -0.310. The van der Waals surface area contributed by atoms with Gasteiger partial charge in [-0.05, 0) is 71.3 Å². The standard InChI is InChI=1S/C23H24IN3O3/c1-30-18-8-10-27(11-9-18)14-15-2-5-17(6-3-15)25-13-21-20-12-16(24)4-7-19(20)22(28)26-23(21)29/h2-7,12-13,18H,8-11,14H2,1H3,(H2,26,28,29). The Morgan fingerprint density at radius 1 is 1.20 bits per heavy atom. The van der Waals surface area contributed by atoms with Gasteiger partial charge in [-0.2, -0.15) is 0 Å². The third-order valence-corrected chi connectivity index (χ3v) is 6.23. The third-order valence-electron chi connectivity index (χ3n) is 5.56. The second-order valence-corrected chi connectivity index (χ2v) is 8.79. The van der Waals surface area contributed by atoms with E-state index in [1.165, 1.54) is 5.56 Å². The van der Waals surface area contributed by atoms with Crippen LogP contribution in [0.2, 0.25) is 0 Å². The molecule has 0 radical (unpaired) electrons. The van der Waals surface area contributed by atoms with E-state index in [-0.39, 0.29) is 11.4 Å². The fraction of sp³-hybridized carbons (Fsp3) is 0.304. The van der Waals surface area contributed by atoms with E-state index >= 15 is 0 Å². The number of fused-ring (bicyclic) bond motifs is 1. The molecule has 3 aromatic rings. The molecule has 156 valence electrons. The number of aromatic hydroxyl groups is 1. The van der Waals surface area contributed by atoms with E-state index in [0.717, 1.165) is 41.7 Å². The molecule has 7 heteroatoms. The molecule has 0 atom stereocenters. The van der Waals surface area contributed by atoms with Gasteiger partial charge < -0.3 is 9.84 Å². The number of likely N-dealkylation sites (tertiary alicyclic amines) is 1. The van der Waals surface area contributed by atoms with Gasteiger partial charge in [0.05, 0.1) is 17.4 Å². The van der Waals surface area contributed by atoms with E-state index in [2.05, 4.69) is 49.6 Å². The van der Waals surface area contributed by atoms with Crippen molar-refractivity contribution in [3.8, 4) is 5.88 Å². The number of hydrogen-bond acceptors (Lipinski definition) is 5. The average Bonchev–Trinajstić information content (AvgIpc) is 2.75. The molecule has 0 spiro atoms. The van der Waals surface area contributed by atoms with Crippen molar-refractivity contribution in [2.75, 3.05) is 20.2 Å². The highest BCUT2D eigenvalue weighted by Gasteiger charge is 2.18. The molecule has 6 nitrogen and oxygen atoms in total. The molecule has 1 saturated heterocycles. The number of methoxy groups -OCH3 is 1. The molecule has 0 amide bonds. The first-order valence-electron chi connectivity index (χ1n) is 9.96. The fourth-order valence-corrected chi connectivity index (χ4v) is 4.32. The SMILES string of the molecule is COC1CCN(Cc2ccc(N=Cc3c(O)[nH]c(=O)c4ccc(I)cc34)cc2)CC1. The van der Waals surface area contributed by atoms with Crippen molar-refractivity contribution in [2.24, 2.45) is 4.99 Å². The molecule has 2 heterocycles. The van der Waals surface area contributed by atoms with E-state index in [9.17, 15) is 9.90 Å². The van der Waals surface area contributed by atoms with Gasteiger partial charge in [-0.1, -0.05) is 12.1 Å². The Kier molecular flexibility index (Phi) is 6.50. The van der Waals surface area contributed by atoms with Crippen LogP contribution in [0.15, 0.2) is 52.3 Å². The number of piperidine rings is 1. The van der Waals surface area contributed by atoms with Gasteiger partial charge in [0, 0.05) is 47.3 Å². The Hall–Kier alpha value is -2.23. The average molecular weight is 517 g/mol. The number of aliphatic imine (C=N–C) groups is 1. The van der Waals surface area contributed by atoms with E-state index in [1.54, 1.807) is 19.4 Å². The van der Waals surface area contributed by atoms with Crippen molar-refractivity contribution in [3.63, 3.8) is 0 Å². The van der Waals surface area contributed by atoms with Gasteiger partial charge in [-0.3, -0.25) is 19.7 Å². The number of benzene rings is 2. The predicted molar refractivity (Wildman–Crippen MR) is 128 cm³/mol. The van der Waals surface area contributed by atoms with Crippen LogP contribution in [-0.2, 0) is 11.3 Å². The first-order chi connectivity index (χ1) is 14.5. The summed E-state index contributed by atoms with van der Waals surface area (Å²) in [5, 5.41) is 11.5. The van der Waals surface area contributed by atoms with Crippen LogP contribution in [0.3, 0.4) is 0 Å². The maximum atomic E-state index is 12.1. The highest BCUT2D eigenvalue weighted by molar-refractivity contribution is 14.1. The third kappa shape index (κ3) is 4.74. The summed E-state index contributed by atoms with van der Waals surface area (Å²) in [6.45, 7) is 3.02. The molecule has 0 saturated carbocycles. The molecule has 1 aliphatic heterocycles. The number of nitrogens with one attached hydrogen (secondary N) is 1. The minimum absolute atomic E-state index is 0.172. The Labute approximate surface area is 188 Å². The number of halogens is 1. The summed E-state index contributed by atoms with van der Waals surface area (Å²) < 4.78 is 6.42. The number of hydrogen-bond donors (Lipinski definition) is 2. The van der Waals surface area contributed by atoms with Crippen molar-refractivity contribution < 1.29 is 9.84 Å². The van der Waals surface area contributed by atoms with Crippen LogP contribution in [0.25, 0.3) is 10.8 Å². The molecule has 1 aromatic heterocycles. The van der Waals surface area contributed by atoms with Gasteiger partial charge in [0.2, 0.25) is 5.88 Å². The van der Waals surface area contributed by atoms with Crippen molar-refractivity contribution in [3.05, 3.63) is 67.5 Å². The Morgan fingerprint density at radius 3 is 2.63 bits per heavy atom. The van der Waals surface area contributed by atoms with Crippen molar-refractivity contribution in [1.29, 1.82) is 0 Å². The van der Waals surface area contributed by atoms with Crippen LogP contribution >= 0.6 is 22.6 Å². The number of aromatic nitrogens is 1. The monoisotopic (exact) mass is 517 g/mol. The van der Waals surface area contributed by atoms with Crippen molar-refractivity contribution >= 4 is 45.3 Å². The number of nitrogens with zero attached hydrogens (tertiary/aromatic N) is 2. The number of rotatable bonds is 5. The molecule has 1 fully saturated rings. The molecular formula is C23H24IN3O3. The molecule has 0 bridgehead atoms. The Bertz CT molecular complexity index is 1120. The summed E-state index contributed by atoms with van der Waals surface area (Å²) in [6, 6.07) is 13.6. The molecule has 1 aliphatic rings. The second-order valence-electron chi connectivity index (χ2n) is 7.54. The summed E-state index contributed by atoms with van der Waals surface area (Å²) in [5.41, 5.74) is 2.24. The molecule has 30 heavy (non-hydrogen) atoms. The van der Waals surface area contributed by atoms with Crippen LogP contribution < -0.4 is 5.56 Å². The molecule has 0 unspecified atom stereocenters. The van der Waals surface area contributed by atoms with Gasteiger partial charge in [0.15, 0.2) is 0 Å². The lowest BCUT2D eigenvalue weighted by Crippen LogP contribution is -2.36. The van der Waals surface area contributed by atoms with E-state index in [1.807, 2.05) is 24.3 Å². The number of H-pyrrole nitrogens is 1. The summed E-state index contributed by atoms with van der Waals surface area (Å²) >= 11 is 2.19. The van der Waals surface area contributed by atoms with Crippen molar-refractivity contribution in [2.45, 2.75) is 25.5 Å². The number of aromatic amines is 1. The molecule has 4 rings (SSSR count). The molecular weight excluding hydrogens is 493 g/mol. The maximum absolute atomic E-state index is 12.1. The Balaban J connectivity index is 1.50. The summed E-state index contributed by atoms with van der Waals surface area (Å²) in [5.74, 6) is -0.172.